The van der Waals surface area contributed by atoms with E-state index in [1.54, 1.807) is 13.0 Å². The zero-order chi connectivity index (χ0) is 16.6. The molecule has 0 aromatic heterocycles. The van der Waals surface area contributed by atoms with Crippen LogP contribution < -0.4 is 5.32 Å². The molecule has 0 fully saturated rings. The van der Waals surface area contributed by atoms with Crippen molar-refractivity contribution in [2.75, 3.05) is 6.61 Å². The first-order valence-corrected chi connectivity index (χ1v) is 6.99. The van der Waals surface area contributed by atoms with E-state index in [2.05, 4.69) is 11.4 Å². The largest absolute Gasteiger partial charge is 0.452 e. The van der Waals surface area contributed by atoms with Crippen molar-refractivity contribution in [1.29, 1.82) is 5.26 Å². The standard InChI is InChI=1S/C17H20N2O3/c1-13(2)17(3,12-18)19-15(20)11-22-16(21)10-9-14-7-5-4-6-8-14/h4-10,13H,11H2,1-3H3,(H,19,20)/b10-9+/t17-/m1/s1. The highest BCUT2D eigenvalue weighted by molar-refractivity contribution is 5.89. The van der Waals surface area contributed by atoms with Crippen LogP contribution in [-0.4, -0.2) is 24.0 Å². The molecule has 1 rings (SSSR count). The third kappa shape index (κ3) is 5.41. The lowest BCUT2D eigenvalue weighted by Crippen LogP contribution is -2.50. The summed E-state index contributed by atoms with van der Waals surface area (Å²) >= 11 is 0. The number of carbonyl (C=O) groups excluding carboxylic acids is 2. The Morgan fingerprint density at radius 2 is 2.00 bits per heavy atom. The Hall–Kier alpha value is -2.61. The topological polar surface area (TPSA) is 79.2 Å². The summed E-state index contributed by atoms with van der Waals surface area (Å²) in [6.07, 6.45) is 2.86. The zero-order valence-corrected chi connectivity index (χ0v) is 13.0. The fraction of sp³-hybridized carbons (Fsp3) is 0.353. The second kappa shape index (κ2) is 7.99. The van der Waals surface area contributed by atoms with Gasteiger partial charge in [0.1, 0.15) is 5.54 Å². The van der Waals surface area contributed by atoms with Gasteiger partial charge in [-0.3, -0.25) is 4.79 Å². The Bertz CT molecular complexity index is 588. The second-order valence-electron chi connectivity index (χ2n) is 5.37. The van der Waals surface area contributed by atoms with Crippen molar-refractivity contribution in [3.63, 3.8) is 0 Å². The van der Waals surface area contributed by atoms with Crippen LogP contribution in [0.5, 0.6) is 0 Å². The lowest BCUT2D eigenvalue weighted by atomic mass is 9.90. The highest BCUT2D eigenvalue weighted by Crippen LogP contribution is 2.14. The lowest BCUT2D eigenvalue weighted by Gasteiger charge is -2.27. The van der Waals surface area contributed by atoms with Gasteiger partial charge in [0.05, 0.1) is 6.07 Å². The van der Waals surface area contributed by atoms with Crippen molar-refractivity contribution in [3.05, 3.63) is 42.0 Å². The summed E-state index contributed by atoms with van der Waals surface area (Å²) in [4.78, 5) is 23.3. The molecule has 5 nitrogen and oxygen atoms in total. The van der Waals surface area contributed by atoms with Crippen LogP contribution in [0, 0.1) is 17.2 Å². The Kier molecular flexibility index (Phi) is 6.33. The van der Waals surface area contributed by atoms with Crippen molar-refractivity contribution in [2.45, 2.75) is 26.3 Å². The number of benzene rings is 1. The van der Waals surface area contributed by atoms with Crippen LogP contribution in [0.15, 0.2) is 36.4 Å². The summed E-state index contributed by atoms with van der Waals surface area (Å²) in [6, 6.07) is 11.3. The number of ether oxygens (including phenoxy) is 1. The quantitative estimate of drug-likeness (QED) is 0.646. The van der Waals surface area contributed by atoms with Crippen LogP contribution in [0.1, 0.15) is 26.3 Å². The first-order valence-electron chi connectivity index (χ1n) is 6.99. The first kappa shape index (κ1) is 17.4. The molecule has 0 unspecified atom stereocenters. The van der Waals surface area contributed by atoms with Gasteiger partial charge in [-0.15, -0.1) is 0 Å². The van der Waals surface area contributed by atoms with E-state index in [-0.39, 0.29) is 5.92 Å². The van der Waals surface area contributed by atoms with Crippen LogP contribution in [0.4, 0.5) is 0 Å². The highest BCUT2D eigenvalue weighted by atomic mass is 16.5. The van der Waals surface area contributed by atoms with Crippen molar-refractivity contribution in [1.82, 2.24) is 5.32 Å². The molecular formula is C17H20N2O3. The summed E-state index contributed by atoms with van der Waals surface area (Å²) in [7, 11) is 0. The van der Waals surface area contributed by atoms with Gasteiger partial charge in [-0.25, -0.2) is 4.79 Å². The molecule has 22 heavy (non-hydrogen) atoms. The molecule has 0 bridgehead atoms. The Morgan fingerprint density at radius 1 is 1.36 bits per heavy atom. The molecule has 0 radical (unpaired) electrons. The van der Waals surface area contributed by atoms with E-state index in [1.807, 2.05) is 44.2 Å². The van der Waals surface area contributed by atoms with Crippen LogP contribution in [0.2, 0.25) is 0 Å². The van der Waals surface area contributed by atoms with Gasteiger partial charge in [-0.05, 0) is 24.5 Å². The van der Waals surface area contributed by atoms with E-state index in [0.717, 1.165) is 5.56 Å². The molecule has 0 aliphatic rings. The van der Waals surface area contributed by atoms with Crippen molar-refractivity contribution < 1.29 is 14.3 Å². The molecule has 1 N–H and O–H groups in total. The minimum Gasteiger partial charge on any atom is -0.452 e. The molecule has 0 saturated carbocycles. The fourth-order valence-corrected chi connectivity index (χ4v) is 1.54. The van der Waals surface area contributed by atoms with Crippen LogP contribution >= 0.6 is 0 Å². The van der Waals surface area contributed by atoms with Gasteiger partial charge in [0.2, 0.25) is 0 Å². The van der Waals surface area contributed by atoms with E-state index in [0.29, 0.717) is 0 Å². The Labute approximate surface area is 130 Å². The predicted molar refractivity (Wildman–Crippen MR) is 83.4 cm³/mol. The molecule has 1 aromatic carbocycles. The minimum atomic E-state index is -0.983. The third-order valence-corrected chi connectivity index (χ3v) is 3.34. The van der Waals surface area contributed by atoms with Crippen LogP contribution in [0.3, 0.4) is 0 Å². The molecular weight excluding hydrogens is 280 g/mol. The monoisotopic (exact) mass is 300 g/mol. The summed E-state index contributed by atoms with van der Waals surface area (Å²) in [5.74, 6) is -1.17. The summed E-state index contributed by atoms with van der Waals surface area (Å²) in [5.41, 5.74) is -0.121. The van der Waals surface area contributed by atoms with Crippen molar-refractivity contribution in [3.8, 4) is 6.07 Å². The molecule has 1 aromatic rings. The van der Waals surface area contributed by atoms with Gasteiger partial charge in [-0.1, -0.05) is 44.2 Å². The molecule has 1 atom stereocenters. The first-order chi connectivity index (χ1) is 10.4. The summed E-state index contributed by atoms with van der Waals surface area (Å²) < 4.78 is 4.85. The molecule has 0 saturated heterocycles. The smallest absolute Gasteiger partial charge is 0.331 e. The number of hydrogen-bond donors (Lipinski definition) is 1. The number of esters is 1. The van der Waals surface area contributed by atoms with Gasteiger partial charge in [0.15, 0.2) is 6.61 Å². The molecule has 1 amide bonds. The Morgan fingerprint density at radius 3 is 2.55 bits per heavy atom. The van der Waals surface area contributed by atoms with Gasteiger partial charge >= 0.3 is 5.97 Å². The maximum atomic E-state index is 11.7. The van der Waals surface area contributed by atoms with E-state index in [9.17, 15) is 9.59 Å². The number of amides is 1. The molecule has 0 spiro atoms. The highest BCUT2D eigenvalue weighted by Gasteiger charge is 2.30. The van der Waals surface area contributed by atoms with Crippen molar-refractivity contribution in [2.24, 2.45) is 5.92 Å². The molecule has 0 heterocycles. The number of carbonyl (C=O) groups is 2. The molecule has 5 heteroatoms. The SMILES string of the molecule is CC(C)[C@@](C)(C#N)NC(=O)COC(=O)/C=C/c1ccccc1. The zero-order valence-electron chi connectivity index (χ0n) is 13.0. The molecule has 0 aliphatic carbocycles. The van der Waals surface area contributed by atoms with E-state index in [4.69, 9.17) is 10.00 Å². The average Bonchev–Trinajstić information content (AvgIpc) is 2.51. The van der Waals surface area contributed by atoms with Crippen LogP contribution in [-0.2, 0) is 14.3 Å². The second-order valence-corrected chi connectivity index (χ2v) is 5.37. The van der Waals surface area contributed by atoms with Gasteiger partial charge in [0, 0.05) is 6.08 Å². The molecule has 0 aliphatic heterocycles. The van der Waals surface area contributed by atoms with Gasteiger partial charge in [-0.2, -0.15) is 5.26 Å². The number of nitriles is 1. The maximum absolute atomic E-state index is 11.7. The molecule has 116 valence electrons. The Balaban J connectivity index is 2.46. The van der Waals surface area contributed by atoms with Gasteiger partial charge < -0.3 is 10.1 Å². The van der Waals surface area contributed by atoms with Gasteiger partial charge in [0.25, 0.3) is 5.91 Å². The predicted octanol–water partition coefficient (Wildman–Crippen LogP) is 2.30. The van der Waals surface area contributed by atoms with E-state index in [1.165, 1.54) is 6.08 Å². The number of hydrogen-bond acceptors (Lipinski definition) is 4. The maximum Gasteiger partial charge on any atom is 0.331 e. The normalized spacial score (nSPS) is 13.4. The van der Waals surface area contributed by atoms with E-state index >= 15 is 0 Å². The van der Waals surface area contributed by atoms with E-state index < -0.39 is 24.0 Å². The third-order valence-electron chi connectivity index (χ3n) is 3.34. The number of nitrogens with one attached hydrogen (secondary N) is 1. The van der Waals surface area contributed by atoms with Crippen molar-refractivity contribution >= 4 is 18.0 Å². The summed E-state index contributed by atoms with van der Waals surface area (Å²) in [6.45, 7) is 4.88. The number of rotatable bonds is 6. The lowest BCUT2D eigenvalue weighted by molar-refractivity contribution is -0.144. The minimum absolute atomic E-state index is 0.0601. The number of nitrogens with zero attached hydrogens (tertiary/aromatic N) is 1. The van der Waals surface area contributed by atoms with Crippen LogP contribution in [0.25, 0.3) is 6.08 Å². The fourth-order valence-electron chi connectivity index (χ4n) is 1.54. The average molecular weight is 300 g/mol. The summed E-state index contributed by atoms with van der Waals surface area (Å²) in [5, 5.41) is 11.7.